The van der Waals surface area contributed by atoms with Gasteiger partial charge in [0.15, 0.2) is 5.69 Å². The smallest absolute Gasteiger partial charge is 0.326 e. The van der Waals surface area contributed by atoms with E-state index in [4.69, 9.17) is 5.11 Å². The fraction of sp³-hybridized carbons (Fsp3) is 0.667. The summed E-state index contributed by atoms with van der Waals surface area (Å²) in [6.45, 7) is 5.27. The molecule has 1 saturated heterocycles. The largest absolute Gasteiger partial charge is 0.480 e. The van der Waals surface area contributed by atoms with Crippen molar-refractivity contribution in [3.63, 3.8) is 0 Å². The third-order valence-corrected chi connectivity index (χ3v) is 3.64. The number of carboxylic acid groups (broad SMARTS) is 1. The van der Waals surface area contributed by atoms with Crippen LogP contribution in [-0.4, -0.2) is 51.1 Å². The van der Waals surface area contributed by atoms with Gasteiger partial charge in [0.1, 0.15) is 6.04 Å². The summed E-state index contributed by atoms with van der Waals surface area (Å²) in [5, 5.41) is 22.4. The minimum Gasteiger partial charge on any atom is -0.480 e. The lowest BCUT2D eigenvalue weighted by molar-refractivity contribution is -0.140. The van der Waals surface area contributed by atoms with E-state index in [1.54, 1.807) is 17.8 Å². The number of aliphatic carboxylic acids is 1. The van der Waals surface area contributed by atoms with Crippen LogP contribution in [0.5, 0.6) is 0 Å². The number of nitrogens with one attached hydrogen (secondary N) is 2. The van der Waals surface area contributed by atoms with Crippen molar-refractivity contribution in [3.05, 3.63) is 11.9 Å². The molecule has 8 heteroatoms. The molecule has 2 rings (SSSR count). The second-order valence-electron chi connectivity index (χ2n) is 5.07. The number of hydrogen-bond acceptors (Lipinski definition) is 5. The Kier molecular flexibility index (Phi) is 4.33. The van der Waals surface area contributed by atoms with Gasteiger partial charge in [-0.1, -0.05) is 25.5 Å². The van der Waals surface area contributed by atoms with Crippen molar-refractivity contribution in [3.8, 4) is 0 Å². The van der Waals surface area contributed by atoms with Gasteiger partial charge >= 0.3 is 5.97 Å². The van der Waals surface area contributed by atoms with Gasteiger partial charge in [-0.05, 0) is 5.92 Å². The summed E-state index contributed by atoms with van der Waals surface area (Å²) in [6, 6.07) is -0.697. The molecule has 1 fully saturated rings. The second-order valence-corrected chi connectivity index (χ2v) is 5.07. The summed E-state index contributed by atoms with van der Waals surface area (Å²) in [6.07, 6.45) is 2.22. The molecule has 1 amide bonds. The molecule has 0 saturated carbocycles. The highest BCUT2D eigenvalue weighted by atomic mass is 16.4. The fourth-order valence-corrected chi connectivity index (χ4v) is 1.92. The highest BCUT2D eigenvalue weighted by molar-refractivity contribution is 5.94. The average Bonchev–Trinajstić information content (AvgIpc) is 2.81. The Morgan fingerprint density at radius 1 is 1.60 bits per heavy atom. The molecule has 0 spiro atoms. The molecule has 0 bridgehead atoms. The van der Waals surface area contributed by atoms with Crippen molar-refractivity contribution < 1.29 is 14.7 Å². The predicted molar refractivity (Wildman–Crippen MR) is 70.3 cm³/mol. The van der Waals surface area contributed by atoms with Crippen LogP contribution in [0, 0.1) is 5.92 Å². The SMILES string of the molecule is CC[C@H](C)[C@H](NC(=O)c1cn(C2CNC2)nn1)C(=O)O. The normalized spacial score (nSPS) is 18.1. The lowest BCUT2D eigenvalue weighted by Crippen LogP contribution is -2.45. The van der Waals surface area contributed by atoms with Crippen LogP contribution in [0.4, 0.5) is 0 Å². The maximum Gasteiger partial charge on any atom is 0.326 e. The Balaban J connectivity index is 2.02. The topological polar surface area (TPSA) is 109 Å². The molecular formula is C12H19N5O3. The van der Waals surface area contributed by atoms with Gasteiger partial charge in [0.05, 0.1) is 12.2 Å². The molecule has 20 heavy (non-hydrogen) atoms. The Morgan fingerprint density at radius 2 is 2.30 bits per heavy atom. The van der Waals surface area contributed by atoms with Crippen molar-refractivity contribution >= 4 is 11.9 Å². The number of carbonyl (C=O) groups is 2. The van der Waals surface area contributed by atoms with Gasteiger partial charge < -0.3 is 15.7 Å². The zero-order valence-electron chi connectivity index (χ0n) is 11.5. The molecule has 0 radical (unpaired) electrons. The Morgan fingerprint density at radius 3 is 2.80 bits per heavy atom. The molecule has 2 atom stereocenters. The van der Waals surface area contributed by atoms with Crippen LogP contribution in [-0.2, 0) is 4.79 Å². The van der Waals surface area contributed by atoms with Crippen molar-refractivity contribution in [2.24, 2.45) is 5.92 Å². The number of amides is 1. The van der Waals surface area contributed by atoms with Gasteiger partial charge in [-0.3, -0.25) is 4.79 Å². The van der Waals surface area contributed by atoms with Gasteiger partial charge in [0.2, 0.25) is 0 Å². The minimum atomic E-state index is -1.04. The van der Waals surface area contributed by atoms with Gasteiger partial charge in [-0.25, -0.2) is 9.48 Å². The first kappa shape index (κ1) is 14.4. The third kappa shape index (κ3) is 2.96. The molecule has 110 valence electrons. The van der Waals surface area contributed by atoms with Gasteiger partial charge in [-0.2, -0.15) is 0 Å². The molecule has 1 aromatic heterocycles. The highest BCUT2D eigenvalue weighted by Crippen LogP contribution is 2.11. The van der Waals surface area contributed by atoms with E-state index in [1.807, 2.05) is 6.92 Å². The minimum absolute atomic E-state index is 0.145. The number of hydrogen-bond donors (Lipinski definition) is 3. The summed E-state index contributed by atoms with van der Waals surface area (Å²) >= 11 is 0. The number of carboxylic acids is 1. The molecule has 8 nitrogen and oxygen atoms in total. The first-order valence-corrected chi connectivity index (χ1v) is 6.69. The maximum absolute atomic E-state index is 12.0. The van der Waals surface area contributed by atoms with Gasteiger partial charge in [0.25, 0.3) is 5.91 Å². The zero-order valence-corrected chi connectivity index (χ0v) is 11.5. The van der Waals surface area contributed by atoms with E-state index in [1.165, 1.54) is 0 Å². The van der Waals surface area contributed by atoms with E-state index in [0.29, 0.717) is 6.42 Å². The van der Waals surface area contributed by atoms with Gasteiger partial charge in [-0.15, -0.1) is 5.10 Å². The monoisotopic (exact) mass is 281 g/mol. The number of aromatic nitrogens is 3. The van der Waals surface area contributed by atoms with Gasteiger partial charge in [0, 0.05) is 13.1 Å². The molecule has 0 aliphatic carbocycles. The van der Waals surface area contributed by atoms with Crippen LogP contribution in [0.15, 0.2) is 6.20 Å². The first-order valence-electron chi connectivity index (χ1n) is 6.69. The van der Waals surface area contributed by atoms with E-state index in [0.717, 1.165) is 13.1 Å². The lowest BCUT2D eigenvalue weighted by Gasteiger charge is -2.26. The molecule has 1 aromatic rings. The second kappa shape index (κ2) is 6.00. The molecule has 0 aromatic carbocycles. The summed E-state index contributed by atoms with van der Waals surface area (Å²) < 4.78 is 1.63. The number of nitrogens with zero attached hydrogens (tertiary/aromatic N) is 3. The van der Waals surface area contributed by atoms with Crippen LogP contribution in [0.1, 0.15) is 36.8 Å². The standard InChI is InChI=1S/C12H19N5O3/c1-3-7(2)10(12(19)20)14-11(18)9-6-17(16-15-9)8-4-13-5-8/h6-8,10,13H,3-5H2,1-2H3,(H,14,18)(H,19,20)/t7-,10-/m0/s1. The fourth-order valence-electron chi connectivity index (χ4n) is 1.92. The molecule has 1 aliphatic heterocycles. The molecule has 3 N–H and O–H groups in total. The van der Waals surface area contributed by atoms with Crippen molar-refractivity contribution in [2.45, 2.75) is 32.4 Å². The highest BCUT2D eigenvalue weighted by Gasteiger charge is 2.27. The summed E-state index contributed by atoms with van der Waals surface area (Å²) in [5.41, 5.74) is 0.145. The average molecular weight is 281 g/mol. The third-order valence-electron chi connectivity index (χ3n) is 3.64. The molecular weight excluding hydrogens is 262 g/mol. The van der Waals surface area contributed by atoms with Crippen LogP contribution in [0.2, 0.25) is 0 Å². The predicted octanol–water partition coefficient (Wildman–Crippen LogP) is -0.348. The van der Waals surface area contributed by atoms with Crippen LogP contribution < -0.4 is 10.6 Å². The molecule has 1 aliphatic rings. The molecule has 2 heterocycles. The van der Waals surface area contributed by atoms with Crippen LogP contribution >= 0.6 is 0 Å². The quantitative estimate of drug-likeness (QED) is 0.657. The van der Waals surface area contributed by atoms with E-state index in [9.17, 15) is 9.59 Å². The zero-order chi connectivity index (χ0) is 14.7. The summed E-state index contributed by atoms with van der Waals surface area (Å²) in [7, 11) is 0. The van der Waals surface area contributed by atoms with Crippen LogP contribution in [0.25, 0.3) is 0 Å². The number of carbonyl (C=O) groups excluding carboxylic acids is 1. The van der Waals surface area contributed by atoms with E-state index < -0.39 is 17.9 Å². The van der Waals surface area contributed by atoms with Crippen molar-refractivity contribution in [1.29, 1.82) is 0 Å². The van der Waals surface area contributed by atoms with Crippen molar-refractivity contribution in [2.75, 3.05) is 13.1 Å². The summed E-state index contributed by atoms with van der Waals surface area (Å²) in [4.78, 5) is 23.2. The van der Waals surface area contributed by atoms with Crippen molar-refractivity contribution in [1.82, 2.24) is 25.6 Å². The van der Waals surface area contributed by atoms with Crippen LogP contribution in [0.3, 0.4) is 0 Å². The summed E-state index contributed by atoms with van der Waals surface area (Å²) in [5.74, 6) is -1.69. The van der Waals surface area contributed by atoms with E-state index in [2.05, 4.69) is 20.9 Å². The maximum atomic E-state index is 12.0. The van der Waals surface area contributed by atoms with E-state index >= 15 is 0 Å². The Hall–Kier alpha value is -1.96. The van der Waals surface area contributed by atoms with E-state index in [-0.39, 0.29) is 17.7 Å². The Labute approximate surface area is 116 Å². The Bertz CT molecular complexity index is 497. The first-order chi connectivity index (χ1) is 9.52. The number of rotatable bonds is 6. The molecule has 0 unspecified atom stereocenters. The lowest BCUT2D eigenvalue weighted by atomic mass is 9.99.